The molecule has 1 aliphatic heterocycles. The molecule has 1 N–H and O–H groups in total. The highest BCUT2D eigenvalue weighted by molar-refractivity contribution is 5.58. The molecular weight excluding hydrogens is 296 g/mol. The molecule has 1 aromatic rings. The molecule has 2 unspecified atom stereocenters. The van der Waals surface area contributed by atoms with Crippen LogP contribution in [0.3, 0.4) is 0 Å². The number of carboxylic acid groups (broad SMARTS) is 1. The lowest BCUT2D eigenvalue weighted by Crippen LogP contribution is -2.59. The van der Waals surface area contributed by atoms with Gasteiger partial charge in [0, 0.05) is 5.41 Å². The summed E-state index contributed by atoms with van der Waals surface area (Å²) in [6.07, 6.45) is -1.30. The smallest absolute Gasteiger partial charge is 0.450 e. The van der Waals surface area contributed by atoms with Crippen molar-refractivity contribution in [3.05, 3.63) is 35.9 Å². The Morgan fingerprint density at radius 2 is 1.96 bits per heavy atom. The van der Waals surface area contributed by atoms with Crippen molar-refractivity contribution in [1.29, 1.82) is 0 Å². The van der Waals surface area contributed by atoms with Crippen molar-refractivity contribution >= 4 is 6.16 Å². The molecule has 0 saturated carbocycles. The van der Waals surface area contributed by atoms with Gasteiger partial charge in [0.2, 0.25) is 0 Å². The van der Waals surface area contributed by atoms with E-state index in [0.717, 1.165) is 5.56 Å². The van der Waals surface area contributed by atoms with Gasteiger partial charge >= 0.3 is 6.16 Å². The van der Waals surface area contributed by atoms with Gasteiger partial charge in [0.1, 0.15) is 6.10 Å². The largest absolute Gasteiger partial charge is 0.506 e. The topological polar surface area (TPSA) is 65.0 Å². The van der Waals surface area contributed by atoms with Gasteiger partial charge in [-0.3, -0.25) is 0 Å². The molecule has 0 bridgehead atoms. The van der Waals surface area contributed by atoms with Gasteiger partial charge in [-0.15, -0.1) is 0 Å². The van der Waals surface area contributed by atoms with Crippen LogP contribution in [0.25, 0.3) is 0 Å². The molecular formula is C18H26O5. The van der Waals surface area contributed by atoms with Crippen molar-refractivity contribution in [3.8, 4) is 0 Å². The maximum absolute atomic E-state index is 11.5. The van der Waals surface area contributed by atoms with Crippen LogP contribution >= 0.6 is 0 Å². The van der Waals surface area contributed by atoms with E-state index in [1.54, 1.807) is 0 Å². The fourth-order valence-corrected chi connectivity index (χ4v) is 3.51. The van der Waals surface area contributed by atoms with E-state index in [-0.39, 0.29) is 0 Å². The third kappa shape index (κ3) is 3.21. The van der Waals surface area contributed by atoms with Crippen molar-refractivity contribution in [2.24, 2.45) is 0 Å². The van der Waals surface area contributed by atoms with E-state index in [9.17, 15) is 9.90 Å². The Bertz CT molecular complexity index is 552. The number of hydrogen-bond donors (Lipinski definition) is 1. The number of rotatable bonds is 5. The van der Waals surface area contributed by atoms with Crippen LogP contribution < -0.4 is 0 Å². The first-order chi connectivity index (χ1) is 10.6. The van der Waals surface area contributed by atoms with Gasteiger partial charge in [-0.2, -0.15) is 0 Å². The Labute approximate surface area is 137 Å². The molecule has 23 heavy (non-hydrogen) atoms. The van der Waals surface area contributed by atoms with E-state index in [0.29, 0.717) is 13.0 Å². The number of benzene rings is 1. The third-order valence-corrected chi connectivity index (χ3v) is 4.88. The van der Waals surface area contributed by atoms with Crippen LogP contribution in [-0.2, 0) is 19.6 Å². The van der Waals surface area contributed by atoms with Crippen LogP contribution in [0, 0.1) is 0 Å². The number of carbonyl (C=O) groups is 1. The first-order valence-electron chi connectivity index (χ1n) is 7.94. The minimum Gasteiger partial charge on any atom is -0.450 e. The highest BCUT2D eigenvalue weighted by Crippen LogP contribution is 2.46. The summed E-state index contributed by atoms with van der Waals surface area (Å²) in [5.41, 5.74) is -0.638. The van der Waals surface area contributed by atoms with Gasteiger partial charge < -0.3 is 19.3 Å². The highest BCUT2D eigenvalue weighted by atomic mass is 16.8. The summed E-state index contributed by atoms with van der Waals surface area (Å²) in [7, 11) is 0. The van der Waals surface area contributed by atoms with Gasteiger partial charge in [-0.1, -0.05) is 51.1 Å². The summed E-state index contributed by atoms with van der Waals surface area (Å²) in [6, 6.07) is 9.78. The molecule has 1 fully saturated rings. The molecule has 128 valence electrons. The SMILES string of the molecule is CCC(OC(=O)O)(C1COC(C)(C)O1)C(C)(C)c1ccccc1. The second-order valence-electron chi connectivity index (χ2n) is 6.92. The van der Waals surface area contributed by atoms with Gasteiger partial charge in [0.05, 0.1) is 6.61 Å². The molecule has 1 aliphatic rings. The second-order valence-corrected chi connectivity index (χ2v) is 6.92. The van der Waals surface area contributed by atoms with E-state index in [4.69, 9.17) is 14.2 Å². The summed E-state index contributed by atoms with van der Waals surface area (Å²) >= 11 is 0. The fraction of sp³-hybridized carbons (Fsp3) is 0.611. The summed E-state index contributed by atoms with van der Waals surface area (Å²) in [6.45, 7) is 9.84. The predicted molar refractivity (Wildman–Crippen MR) is 86.5 cm³/mol. The Hall–Kier alpha value is -1.59. The van der Waals surface area contributed by atoms with Crippen molar-refractivity contribution in [1.82, 2.24) is 0 Å². The lowest BCUT2D eigenvalue weighted by Gasteiger charge is -2.48. The molecule has 1 heterocycles. The first-order valence-corrected chi connectivity index (χ1v) is 7.94. The van der Waals surface area contributed by atoms with Crippen LogP contribution in [0.5, 0.6) is 0 Å². The van der Waals surface area contributed by atoms with E-state index < -0.39 is 29.1 Å². The molecule has 2 rings (SSSR count). The van der Waals surface area contributed by atoms with Gasteiger partial charge in [0.15, 0.2) is 11.4 Å². The van der Waals surface area contributed by atoms with E-state index in [1.165, 1.54) is 0 Å². The van der Waals surface area contributed by atoms with Gasteiger partial charge in [0.25, 0.3) is 0 Å². The minimum atomic E-state index is -1.30. The monoisotopic (exact) mass is 322 g/mol. The molecule has 5 nitrogen and oxygen atoms in total. The lowest BCUT2D eigenvalue weighted by atomic mass is 9.66. The van der Waals surface area contributed by atoms with Crippen molar-refractivity contribution < 1.29 is 24.1 Å². The molecule has 1 aromatic carbocycles. The summed E-state index contributed by atoms with van der Waals surface area (Å²) < 4.78 is 17.2. The maximum Gasteiger partial charge on any atom is 0.506 e. The molecule has 0 spiro atoms. The zero-order valence-corrected chi connectivity index (χ0v) is 14.5. The Balaban J connectivity index is 2.51. The van der Waals surface area contributed by atoms with Crippen LogP contribution in [0.1, 0.15) is 46.6 Å². The van der Waals surface area contributed by atoms with E-state index in [2.05, 4.69) is 0 Å². The summed E-state index contributed by atoms with van der Waals surface area (Å²) in [5, 5.41) is 9.36. The molecule has 1 saturated heterocycles. The average Bonchev–Trinajstić information content (AvgIpc) is 2.85. The van der Waals surface area contributed by atoms with Crippen molar-refractivity contribution in [2.45, 2.75) is 63.9 Å². The van der Waals surface area contributed by atoms with E-state index >= 15 is 0 Å². The lowest BCUT2D eigenvalue weighted by molar-refractivity contribution is -0.189. The van der Waals surface area contributed by atoms with Crippen LogP contribution in [0.4, 0.5) is 4.79 Å². The molecule has 0 radical (unpaired) electrons. The van der Waals surface area contributed by atoms with Gasteiger partial charge in [-0.25, -0.2) is 4.79 Å². The zero-order chi connectivity index (χ0) is 17.3. The normalized spacial score (nSPS) is 23.3. The molecule has 0 aromatic heterocycles. The Morgan fingerprint density at radius 3 is 2.39 bits per heavy atom. The first kappa shape index (κ1) is 17.8. The van der Waals surface area contributed by atoms with Crippen molar-refractivity contribution in [3.63, 3.8) is 0 Å². The summed E-state index contributed by atoms with van der Waals surface area (Å²) in [4.78, 5) is 11.5. The average molecular weight is 322 g/mol. The number of hydrogen-bond acceptors (Lipinski definition) is 4. The molecule has 2 atom stereocenters. The Kier molecular flexibility index (Phi) is 4.74. The van der Waals surface area contributed by atoms with Gasteiger partial charge in [-0.05, 0) is 25.8 Å². The fourth-order valence-electron chi connectivity index (χ4n) is 3.51. The van der Waals surface area contributed by atoms with Crippen LogP contribution in [0.2, 0.25) is 0 Å². The molecule has 0 amide bonds. The summed E-state index contributed by atoms with van der Waals surface area (Å²) in [5.74, 6) is -0.750. The second kappa shape index (κ2) is 6.13. The molecule has 5 heteroatoms. The zero-order valence-electron chi connectivity index (χ0n) is 14.5. The predicted octanol–water partition coefficient (Wildman–Crippen LogP) is 3.96. The standard InChI is InChI=1S/C18H26O5/c1-6-18(23-15(19)20,14-12-21-17(4,5)22-14)16(2,3)13-10-8-7-9-11-13/h7-11,14H,6,12H2,1-5H3,(H,19,20). The van der Waals surface area contributed by atoms with Crippen LogP contribution in [-0.4, -0.2) is 35.4 Å². The van der Waals surface area contributed by atoms with E-state index in [1.807, 2.05) is 65.0 Å². The highest BCUT2D eigenvalue weighted by Gasteiger charge is 2.58. The van der Waals surface area contributed by atoms with Crippen LogP contribution in [0.15, 0.2) is 30.3 Å². The number of ether oxygens (including phenoxy) is 3. The quantitative estimate of drug-likeness (QED) is 0.831. The third-order valence-electron chi connectivity index (χ3n) is 4.88. The minimum absolute atomic E-state index is 0.296. The van der Waals surface area contributed by atoms with Crippen molar-refractivity contribution in [2.75, 3.05) is 6.61 Å². The Morgan fingerprint density at radius 1 is 1.35 bits per heavy atom. The molecule has 0 aliphatic carbocycles. The maximum atomic E-state index is 11.5.